The number of rotatable bonds is 8. The highest BCUT2D eigenvalue weighted by atomic mass is 19.1. The molecule has 0 aliphatic heterocycles. The maximum atomic E-state index is 13.5. The monoisotopic (exact) mass is 409 g/mol. The molecule has 0 saturated heterocycles. The summed E-state index contributed by atoms with van der Waals surface area (Å²) in [7, 11) is 1.74. The second-order valence-electron chi connectivity index (χ2n) is 7.60. The number of fused-ring (bicyclic) bond motifs is 1. The molecule has 1 amide bonds. The molecule has 0 aliphatic carbocycles. The summed E-state index contributed by atoms with van der Waals surface area (Å²) in [4.78, 5) is 32.4. The minimum atomic E-state index is -0.425. The van der Waals surface area contributed by atoms with Gasteiger partial charge in [-0.15, -0.1) is 0 Å². The van der Waals surface area contributed by atoms with Gasteiger partial charge in [-0.25, -0.2) is 9.37 Å². The second-order valence-corrected chi connectivity index (χ2v) is 7.60. The molecule has 1 unspecified atom stereocenters. The number of amides is 1. The average Bonchev–Trinajstić information content (AvgIpc) is 2.76. The van der Waals surface area contributed by atoms with E-state index in [2.05, 4.69) is 6.92 Å². The summed E-state index contributed by atoms with van der Waals surface area (Å²) in [6.45, 7) is 4.00. The fourth-order valence-corrected chi connectivity index (χ4v) is 3.54. The van der Waals surface area contributed by atoms with E-state index >= 15 is 0 Å². The number of para-hydroxylation sites is 1. The van der Waals surface area contributed by atoms with Crippen LogP contribution >= 0.6 is 0 Å². The third kappa shape index (κ3) is 4.58. The van der Waals surface area contributed by atoms with Crippen LogP contribution in [0, 0.1) is 5.82 Å². The third-order valence-corrected chi connectivity index (χ3v) is 5.48. The molecular weight excluding hydrogens is 381 g/mol. The van der Waals surface area contributed by atoms with Gasteiger partial charge < -0.3 is 4.90 Å². The zero-order chi connectivity index (χ0) is 21.7. The van der Waals surface area contributed by atoms with Crippen molar-refractivity contribution in [2.24, 2.45) is 0 Å². The van der Waals surface area contributed by atoms with E-state index in [1.807, 2.05) is 13.0 Å². The highest BCUT2D eigenvalue weighted by Crippen LogP contribution is 2.23. The first kappa shape index (κ1) is 21.7. The van der Waals surface area contributed by atoms with E-state index in [1.54, 1.807) is 42.3 Å². The number of carbonyl (C=O) groups is 1. The minimum Gasteiger partial charge on any atom is -0.336 e. The summed E-state index contributed by atoms with van der Waals surface area (Å²) in [6, 6.07) is 12.4. The molecule has 0 aliphatic rings. The molecule has 3 rings (SSSR count). The zero-order valence-corrected chi connectivity index (χ0v) is 17.8. The van der Waals surface area contributed by atoms with Crippen LogP contribution in [0.15, 0.2) is 53.3 Å². The number of halogens is 1. The Labute approximate surface area is 176 Å². The van der Waals surface area contributed by atoms with Gasteiger partial charge in [-0.1, -0.05) is 38.3 Å². The Bertz CT molecular complexity index is 1080. The number of carbonyl (C=O) groups excluding carboxylic acids is 1. The van der Waals surface area contributed by atoms with E-state index in [0.717, 1.165) is 25.7 Å². The lowest BCUT2D eigenvalue weighted by Crippen LogP contribution is -2.34. The van der Waals surface area contributed by atoms with Crippen molar-refractivity contribution in [3.63, 3.8) is 0 Å². The maximum Gasteiger partial charge on any atom is 0.266 e. The van der Waals surface area contributed by atoms with E-state index in [4.69, 9.17) is 4.98 Å². The van der Waals surface area contributed by atoms with Crippen molar-refractivity contribution in [1.82, 2.24) is 14.5 Å². The second kappa shape index (κ2) is 9.65. The Morgan fingerprint density at radius 3 is 2.50 bits per heavy atom. The molecule has 0 saturated carbocycles. The molecule has 30 heavy (non-hydrogen) atoms. The fourth-order valence-electron chi connectivity index (χ4n) is 3.54. The van der Waals surface area contributed by atoms with Crippen LogP contribution in [0.2, 0.25) is 0 Å². The van der Waals surface area contributed by atoms with Gasteiger partial charge in [0.2, 0.25) is 5.91 Å². The number of hydrogen-bond acceptors (Lipinski definition) is 3. The molecule has 0 fully saturated rings. The Balaban J connectivity index is 2.03. The largest absolute Gasteiger partial charge is 0.336 e. The van der Waals surface area contributed by atoms with Gasteiger partial charge in [0.05, 0.1) is 22.6 Å². The van der Waals surface area contributed by atoms with Crippen molar-refractivity contribution in [2.45, 2.75) is 52.0 Å². The Morgan fingerprint density at radius 1 is 1.10 bits per heavy atom. The van der Waals surface area contributed by atoms with Crippen molar-refractivity contribution in [2.75, 3.05) is 7.05 Å². The van der Waals surface area contributed by atoms with Crippen LogP contribution in [-0.4, -0.2) is 27.4 Å². The van der Waals surface area contributed by atoms with Crippen molar-refractivity contribution < 1.29 is 9.18 Å². The van der Waals surface area contributed by atoms with Gasteiger partial charge in [0.1, 0.15) is 11.6 Å². The number of hydrogen-bond donors (Lipinski definition) is 0. The zero-order valence-electron chi connectivity index (χ0n) is 17.8. The average molecular weight is 410 g/mol. The predicted molar refractivity (Wildman–Crippen MR) is 117 cm³/mol. The third-order valence-electron chi connectivity index (χ3n) is 5.48. The van der Waals surface area contributed by atoms with Crippen molar-refractivity contribution in [3.05, 3.63) is 70.5 Å². The molecule has 1 heterocycles. The fraction of sp³-hybridized carbons (Fsp3) is 0.375. The molecule has 1 aromatic heterocycles. The Morgan fingerprint density at radius 2 is 1.80 bits per heavy atom. The van der Waals surface area contributed by atoms with Crippen LogP contribution < -0.4 is 5.56 Å². The quantitative estimate of drug-likeness (QED) is 0.491. The van der Waals surface area contributed by atoms with Crippen LogP contribution in [-0.2, 0) is 4.79 Å². The highest BCUT2D eigenvalue weighted by molar-refractivity contribution is 5.78. The molecule has 2 aromatic carbocycles. The van der Waals surface area contributed by atoms with E-state index in [1.165, 1.54) is 16.7 Å². The predicted octanol–water partition coefficient (Wildman–Crippen LogP) is 5.01. The lowest BCUT2D eigenvalue weighted by Gasteiger charge is -2.27. The van der Waals surface area contributed by atoms with Crippen molar-refractivity contribution in [3.8, 4) is 5.69 Å². The van der Waals surface area contributed by atoms with Crippen molar-refractivity contribution in [1.29, 1.82) is 0 Å². The first-order valence-electron chi connectivity index (χ1n) is 10.5. The van der Waals surface area contributed by atoms with E-state index < -0.39 is 6.04 Å². The van der Waals surface area contributed by atoms with Gasteiger partial charge in [-0.05, 0) is 49.7 Å². The summed E-state index contributed by atoms with van der Waals surface area (Å²) in [5.74, 6) is 0.0934. The summed E-state index contributed by atoms with van der Waals surface area (Å²) >= 11 is 0. The molecule has 1 atom stereocenters. The first-order chi connectivity index (χ1) is 14.4. The van der Waals surface area contributed by atoms with Crippen LogP contribution in [0.5, 0.6) is 0 Å². The van der Waals surface area contributed by atoms with E-state index in [-0.39, 0.29) is 17.3 Å². The van der Waals surface area contributed by atoms with Crippen molar-refractivity contribution >= 4 is 16.8 Å². The number of nitrogens with zero attached hydrogens (tertiary/aromatic N) is 3. The number of benzene rings is 2. The number of unbranched alkanes of at least 4 members (excludes halogenated alkanes) is 3. The molecule has 0 spiro atoms. The Hall–Kier alpha value is -3.02. The topological polar surface area (TPSA) is 55.2 Å². The normalized spacial score (nSPS) is 12.1. The molecular formula is C24H28FN3O2. The molecule has 0 radical (unpaired) electrons. The molecule has 5 nitrogen and oxygen atoms in total. The maximum absolute atomic E-state index is 13.5. The van der Waals surface area contributed by atoms with Gasteiger partial charge in [0.15, 0.2) is 0 Å². The summed E-state index contributed by atoms with van der Waals surface area (Å²) < 4.78 is 14.9. The van der Waals surface area contributed by atoms with Crippen LogP contribution in [0.1, 0.15) is 57.8 Å². The van der Waals surface area contributed by atoms with Gasteiger partial charge in [0, 0.05) is 13.5 Å². The van der Waals surface area contributed by atoms with Gasteiger partial charge in [0.25, 0.3) is 5.56 Å². The Kier molecular flexibility index (Phi) is 6.98. The van der Waals surface area contributed by atoms with Gasteiger partial charge >= 0.3 is 0 Å². The molecule has 158 valence electrons. The molecule has 3 aromatic rings. The number of aromatic nitrogens is 2. The molecule has 0 bridgehead atoms. The summed E-state index contributed by atoms with van der Waals surface area (Å²) in [5.41, 5.74) is 0.856. The van der Waals surface area contributed by atoms with Crippen LogP contribution in [0.3, 0.4) is 0 Å². The smallest absolute Gasteiger partial charge is 0.266 e. The van der Waals surface area contributed by atoms with E-state index in [9.17, 15) is 14.0 Å². The lowest BCUT2D eigenvalue weighted by atomic mass is 10.1. The van der Waals surface area contributed by atoms with Gasteiger partial charge in [-0.2, -0.15) is 0 Å². The SMILES string of the molecule is CCCCCCC(=O)N(C)C(C)c1nc2ccccc2c(=O)n1-c1ccc(F)cc1. The summed E-state index contributed by atoms with van der Waals surface area (Å²) in [6.07, 6.45) is 4.57. The summed E-state index contributed by atoms with van der Waals surface area (Å²) in [5, 5.41) is 0.478. The molecule has 6 heteroatoms. The van der Waals surface area contributed by atoms with Crippen LogP contribution in [0.4, 0.5) is 4.39 Å². The first-order valence-corrected chi connectivity index (χ1v) is 10.5. The lowest BCUT2D eigenvalue weighted by molar-refractivity contribution is -0.132. The standard InChI is InChI=1S/C24H28FN3O2/c1-4-5-6-7-12-22(29)27(3)17(2)23-26-21-11-9-8-10-20(21)24(30)28(23)19-15-13-18(25)14-16-19/h8-11,13-17H,4-7,12H2,1-3H3. The molecule has 0 N–H and O–H groups in total. The van der Waals surface area contributed by atoms with Gasteiger partial charge in [-0.3, -0.25) is 14.2 Å². The minimum absolute atomic E-state index is 0.0201. The van der Waals surface area contributed by atoms with E-state index in [0.29, 0.717) is 28.8 Å². The van der Waals surface area contributed by atoms with Crippen LogP contribution in [0.25, 0.3) is 16.6 Å². The highest BCUT2D eigenvalue weighted by Gasteiger charge is 2.23.